The van der Waals surface area contributed by atoms with Crippen LogP contribution in [0.25, 0.3) is 0 Å². The molecule has 2 unspecified atom stereocenters. The van der Waals surface area contributed by atoms with E-state index in [1.807, 2.05) is 13.8 Å². The Morgan fingerprint density at radius 3 is 2.63 bits per heavy atom. The van der Waals surface area contributed by atoms with Gasteiger partial charge in [-0.3, -0.25) is 15.0 Å². The second kappa shape index (κ2) is 5.54. The van der Waals surface area contributed by atoms with E-state index in [2.05, 4.69) is 4.90 Å². The second-order valence-electron chi connectivity index (χ2n) is 5.09. The zero-order valence-electron chi connectivity index (χ0n) is 11.2. The fourth-order valence-corrected chi connectivity index (χ4v) is 2.50. The number of nitrogens with two attached hydrogens (primary N) is 1. The number of nitrogens with zero attached hydrogens (tertiary/aromatic N) is 2. The van der Waals surface area contributed by atoms with Crippen molar-refractivity contribution < 1.29 is 9.66 Å². The number of non-ortho nitro benzene ring substituents is 1. The van der Waals surface area contributed by atoms with E-state index in [0.717, 1.165) is 18.7 Å². The average Bonchev–Trinajstić information content (AvgIpc) is 2.30. The van der Waals surface area contributed by atoms with Gasteiger partial charge in [0.05, 0.1) is 17.1 Å². The van der Waals surface area contributed by atoms with E-state index in [9.17, 15) is 10.1 Å². The van der Waals surface area contributed by atoms with Gasteiger partial charge in [0.25, 0.3) is 5.69 Å². The maximum Gasteiger partial charge on any atom is 0.269 e. The standard InChI is InChI=1S/C13H19N3O3/c1-9-6-15(7-10(2)19-9)8-11-5-12(16(17)18)3-4-13(11)14/h3-5,9-10H,6-8,14H2,1-2H3. The van der Waals surface area contributed by atoms with Gasteiger partial charge in [0.15, 0.2) is 0 Å². The number of nitro benzene ring substituents is 1. The number of hydrogen-bond donors (Lipinski definition) is 1. The minimum Gasteiger partial charge on any atom is -0.398 e. The van der Waals surface area contributed by atoms with E-state index in [1.54, 1.807) is 12.1 Å². The van der Waals surface area contributed by atoms with Crippen molar-refractivity contribution in [2.75, 3.05) is 18.8 Å². The van der Waals surface area contributed by atoms with E-state index < -0.39 is 4.92 Å². The Morgan fingerprint density at radius 2 is 2.05 bits per heavy atom. The highest BCUT2D eigenvalue weighted by molar-refractivity contribution is 5.52. The third kappa shape index (κ3) is 3.42. The molecule has 1 fully saturated rings. The SMILES string of the molecule is CC1CN(Cc2cc([N+](=O)[O-])ccc2N)CC(C)O1. The number of rotatable bonds is 3. The van der Waals surface area contributed by atoms with E-state index >= 15 is 0 Å². The Hall–Kier alpha value is -1.66. The molecule has 0 aromatic heterocycles. The summed E-state index contributed by atoms with van der Waals surface area (Å²) in [6, 6.07) is 4.59. The Morgan fingerprint density at radius 1 is 1.42 bits per heavy atom. The normalized spacial score (nSPS) is 24.3. The van der Waals surface area contributed by atoms with Gasteiger partial charge in [0.2, 0.25) is 0 Å². The summed E-state index contributed by atoms with van der Waals surface area (Å²) in [6.07, 6.45) is 0.340. The van der Waals surface area contributed by atoms with Gasteiger partial charge in [-0.05, 0) is 25.5 Å². The fourth-order valence-electron chi connectivity index (χ4n) is 2.50. The molecule has 0 saturated carbocycles. The summed E-state index contributed by atoms with van der Waals surface area (Å²) in [5.41, 5.74) is 7.37. The maximum atomic E-state index is 10.8. The summed E-state index contributed by atoms with van der Waals surface area (Å²) in [6.45, 7) is 6.30. The third-order valence-electron chi connectivity index (χ3n) is 3.23. The van der Waals surface area contributed by atoms with Crippen LogP contribution in [0.2, 0.25) is 0 Å². The minimum atomic E-state index is -0.395. The largest absolute Gasteiger partial charge is 0.398 e. The quantitative estimate of drug-likeness (QED) is 0.512. The van der Waals surface area contributed by atoms with E-state index in [4.69, 9.17) is 10.5 Å². The van der Waals surface area contributed by atoms with Crippen molar-refractivity contribution in [3.8, 4) is 0 Å². The zero-order chi connectivity index (χ0) is 14.0. The molecule has 0 amide bonds. The summed E-state index contributed by atoms with van der Waals surface area (Å²) < 4.78 is 5.67. The van der Waals surface area contributed by atoms with Crippen molar-refractivity contribution in [1.29, 1.82) is 0 Å². The first-order valence-corrected chi connectivity index (χ1v) is 6.36. The number of benzene rings is 1. The number of nitrogen functional groups attached to an aromatic ring is 1. The topological polar surface area (TPSA) is 81.6 Å². The zero-order valence-corrected chi connectivity index (χ0v) is 11.2. The summed E-state index contributed by atoms with van der Waals surface area (Å²) in [7, 11) is 0. The van der Waals surface area contributed by atoms with Crippen LogP contribution in [0, 0.1) is 10.1 Å². The predicted octanol–water partition coefficient (Wildman–Crippen LogP) is 1.79. The first-order valence-electron chi connectivity index (χ1n) is 6.36. The lowest BCUT2D eigenvalue weighted by atomic mass is 10.1. The molecule has 1 aliphatic rings. The molecule has 1 saturated heterocycles. The lowest BCUT2D eigenvalue weighted by Crippen LogP contribution is -2.44. The van der Waals surface area contributed by atoms with Crippen LogP contribution in [0.3, 0.4) is 0 Å². The molecule has 1 heterocycles. The molecule has 19 heavy (non-hydrogen) atoms. The van der Waals surface area contributed by atoms with Crippen molar-refractivity contribution >= 4 is 11.4 Å². The summed E-state index contributed by atoms with van der Waals surface area (Å²) >= 11 is 0. The predicted molar refractivity (Wildman–Crippen MR) is 72.8 cm³/mol. The maximum absolute atomic E-state index is 10.8. The van der Waals surface area contributed by atoms with Gasteiger partial charge < -0.3 is 10.5 Å². The van der Waals surface area contributed by atoms with Crippen molar-refractivity contribution in [3.63, 3.8) is 0 Å². The smallest absolute Gasteiger partial charge is 0.269 e. The molecule has 1 aliphatic heterocycles. The van der Waals surface area contributed by atoms with E-state index in [1.165, 1.54) is 6.07 Å². The monoisotopic (exact) mass is 265 g/mol. The fraction of sp³-hybridized carbons (Fsp3) is 0.538. The van der Waals surface area contributed by atoms with Gasteiger partial charge in [-0.2, -0.15) is 0 Å². The van der Waals surface area contributed by atoms with Gasteiger partial charge in [0, 0.05) is 37.5 Å². The summed E-state index contributed by atoms with van der Waals surface area (Å²) in [5, 5.41) is 10.8. The number of ether oxygens (including phenoxy) is 1. The summed E-state index contributed by atoms with van der Waals surface area (Å²) in [5.74, 6) is 0. The Balaban J connectivity index is 2.13. The lowest BCUT2D eigenvalue weighted by molar-refractivity contribution is -0.384. The first-order chi connectivity index (χ1) is 8.95. The molecule has 1 aromatic rings. The van der Waals surface area contributed by atoms with Crippen LogP contribution in [-0.2, 0) is 11.3 Å². The summed E-state index contributed by atoms with van der Waals surface area (Å²) in [4.78, 5) is 12.6. The molecule has 1 aromatic carbocycles. The lowest BCUT2D eigenvalue weighted by Gasteiger charge is -2.35. The van der Waals surface area contributed by atoms with Crippen molar-refractivity contribution in [2.45, 2.75) is 32.6 Å². The van der Waals surface area contributed by atoms with Gasteiger partial charge in [-0.1, -0.05) is 0 Å². The number of anilines is 1. The molecule has 6 nitrogen and oxygen atoms in total. The molecule has 6 heteroatoms. The third-order valence-corrected chi connectivity index (χ3v) is 3.23. The molecule has 0 spiro atoms. The molecular weight excluding hydrogens is 246 g/mol. The Labute approximate surface area is 112 Å². The molecule has 104 valence electrons. The van der Waals surface area contributed by atoms with Crippen LogP contribution in [0.5, 0.6) is 0 Å². The first kappa shape index (κ1) is 13.8. The molecule has 0 aliphatic carbocycles. The molecule has 2 atom stereocenters. The second-order valence-corrected chi connectivity index (χ2v) is 5.09. The van der Waals surface area contributed by atoms with Crippen LogP contribution in [-0.4, -0.2) is 35.1 Å². The van der Waals surface area contributed by atoms with E-state index in [-0.39, 0.29) is 17.9 Å². The molecule has 0 bridgehead atoms. The highest BCUT2D eigenvalue weighted by atomic mass is 16.6. The van der Waals surface area contributed by atoms with Gasteiger partial charge in [-0.25, -0.2) is 0 Å². The van der Waals surface area contributed by atoms with Crippen LogP contribution >= 0.6 is 0 Å². The van der Waals surface area contributed by atoms with E-state index in [0.29, 0.717) is 12.2 Å². The van der Waals surface area contributed by atoms with Crippen molar-refractivity contribution in [3.05, 3.63) is 33.9 Å². The van der Waals surface area contributed by atoms with Crippen LogP contribution in [0.1, 0.15) is 19.4 Å². The number of hydrogen-bond acceptors (Lipinski definition) is 5. The highest BCUT2D eigenvalue weighted by Crippen LogP contribution is 2.22. The molecular formula is C13H19N3O3. The van der Waals surface area contributed by atoms with Gasteiger partial charge in [0.1, 0.15) is 0 Å². The molecule has 2 rings (SSSR count). The number of nitro groups is 1. The van der Waals surface area contributed by atoms with Crippen LogP contribution < -0.4 is 5.73 Å². The van der Waals surface area contributed by atoms with Crippen LogP contribution in [0.4, 0.5) is 11.4 Å². The van der Waals surface area contributed by atoms with Crippen LogP contribution in [0.15, 0.2) is 18.2 Å². The molecule has 0 radical (unpaired) electrons. The van der Waals surface area contributed by atoms with Crippen molar-refractivity contribution in [2.24, 2.45) is 0 Å². The highest BCUT2D eigenvalue weighted by Gasteiger charge is 2.23. The Bertz CT molecular complexity index is 468. The molecule has 2 N–H and O–H groups in total. The van der Waals surface area contributed by atoms with Crippen molar-refractivity contribution in [1.82, 2.24) is 4.90 Å². The Kier molecular flexibility index (Phi) is 4.01. The average molecular weight is 265 g/mol. The minimum absolute atomic E-state index is 0.0820. The van der Waals surface area contributed by atoms with Gasteiger partial charge >= 0.3 is 0 Å². The van der Waals surface area contributed by atoms with Gasteiger partial charge in [-0.15, -0.1) is 0 Å². The number of morpholine rings is 1.